The van der Waals surface area contributed by atoms with Crippen molar-refractivity contribution in [1.82, 2.24) is 10.6 Å². The molecule has 12 heteroatoms. The van der Waals surface area contributed by atoms with E-state index in [9.17, 15) is 29.4 Å². The van der Waals surface area contributed by atoms with Crippen LogP contribution in [0.1, 0.15) is 54.3 Å². The molecule has 0 aliphatic carbocycles. The van der Waals surface area contributed by atoms with Crippen molar-refractivity contribution in [2.75, 3.05) is 27.3 Å². The molecule has 0 heterocycles. The molecule has 0 aliphatic rings. The maximum absolute atomic E-state index is 12.9. The van der Waals surface area contributed by atoms with Crippen LogP contribution in [-0.2, 0) is 8.85 Å². The third-order valence-corrected chi connectivity index (χ3v) is 12.0. The summed E-state index contributed by atoms with van der Waals surface area (Å²) in [5.41, 5.74) is -0.621. The van der Waals surface area contributed by atoms with Crippen molar-refractivity contribution in [3.63, 3.8) is 0 Å². The van der Waals surface area contributed by atoms with E-state index in [4.69, 9.17) is 8.85 Å². The molecule has 4 N–H and O–H groups in total. The topological polar surface area (TPSA) is 151 Å². The first kappa shape index (κ1) is 31.2. The highest BCUT2D eigenvalue weighted by Crippen LogP contribution is 2.25. The molecule has 10 nitrogen and oxygen atoms in total. The Morgan fingerprint density at radius 2 is 0.974 bits per heavy atom. The van der Waals surface area contributed by atoms with Gasteiger partial charge in [0, 0.05) is 27.3 Å². The molecule has 0 aliphatic heterocycles. The molecule has 0 fully saturated rings. The van der Waals surface area contributed by atoms with Gasteiger partial charge < -0.3 is 29.7 Å². The molecule has 0 saturated carbocycles. The SMILES string of the molecule is CO[Si](C)(C)CCCNC(=O)c1cc2cc(C(=O)O)c(C(=O)NCCC[Si](C)(C)OC)cc2cc1C(=O)O. The van der Waals surface area contributed by atoms with Crippen LogP contribution >= 0.6 is 0 Å². The monoisotopic (exact) mass is 562 g/mol. The number of carboxylic acid groups (broad SMARTS) is 2. The summed E-state index contributed by atoms with van der Waals surface area (Å²) in [7, 11) is -0.226. The third kappa shape index (κ3) is 8.48. The Kier molecular flexibility index (Phi) is 10.8. The average molecular weight is 563 g/mol. The second-order valence-electron chi connectivity index (χ2n) is 10.4. The van der Waals surface area contributed by atoms with Crippen LogP contribution in [0.3, 0.4) is 0 Å². The Morgan fingerprint density at radius 1 is 0.658 bits per heavy atom. The van der Waals surface area contributed by atoms with E-state index in [-0.39, 0.29) is 22.3 Å². The lowest BCUT2D eigenvalue weighted by Crippen LogP contribution is -2.32. The van der Waals surface area contributed by atoms with E-state index in [0.29, 0.717) is 36.7 Å². The van der Waals surface area contributed by atoms with Gasteiger partial charge in [-0.05, 0) is 86.2 Å². The molecular formula is C26H38N2O8Si2. The molecule has 2 aromatic rings. The first-order chi connectivity index (χ1) is 17.7. The fraction of sp³-hybridized carbons (Fsp3) is 0.462. The number of fused-ring (bicyclic) bond motifs is 1. The Bertz CT molecular complexity index is 1120. The fourth-order valence-corrected chi connectivity index (χ4v) is 6.37. The van der Waals surface area contributed by atoms with Gasteiger partial charge in [0.1, 0.15) is 0 Å². The number of hydrogen-bond donors (Lipinski definition) is 4. The van der Waals surface area contributed by atoms with Crippen LogP contribution in [0.2, 0.25) is 38.3 Å². The fourth-order valence-electron chi connectivity index (χ4n) is 3.91. The molecule has 208 valence electrons. The van der Waals surface area contributed by atoms with Crippen molar-refractivity contribution in [3.05, 3.63) is 46.5 Å². The molecular weight excluding hydrogens is 524 g/mol. The smallest absolute Gasteiger partial charge is 0.336 e. The van der Waals surface area contributed by atoms with Gasteiger partial charge in [-0.1, -0.05) is 0 Å². The van der Waals surface area contributed by atoms with Crippen LogP contribution in [0, 0.1) is 0 Å². The molecule has 0 atom stereocenters. The van der Waals surface area contributed by atoms with Gasteiger partial charge in [0.15, 0.2) is 16.6 Å². The van der Waals surface area contributed by atoms with Gasteiger partial charge in [0.2, 0.25) is 0 Å². The predicted octanol–water partition coefficient (Wildman–Crippen LogP) is 4.18. The summed E-state index contributed by atoms with van der Waals surface area (Å²) in [6, 6.07) is 6.95. The molecule has 0 saturated heterocycles. The average Bonchev–Trinajstić information content (AvgIpc) is 2.87. The minimum atomic E-state index is -1.78. The summed E-state index contributed by atoms with van der Waals surface area (Å²) in [4.78, 5) is 49.7. The number of carbonyl (C=O) groups excluding carboxylic acids is 2. The van der Waals surface area contributed by atoms with Gasteiger partial charge in [-0.15, -0.1) is 0 Å². The maximum Gasteiger partial charge on any atom is 0.336 e. The van der Waals surface area contributed by atoms with E-state index in [1.165, 1.54) is 24.3 Å². The summed E-state index contributed by atoms with van der Waals surface area (Å²) in [6.45, 7) is 8.97. The zero-order valence-corrected chi connectivity index (χ0v) is 24.9. The number of carboxylic acids is 2. The summed E-state index contributed by atoms with van der Waals surface area (Å²) in [5.74, 6) is -3.74. The number of nitrogens with one attached hydrogen (secondary N) is 2. The molecule has 0 bridgehead atoms. The van der Waals surface area contributed by atoms with Gasteiger partial charge in [0.05, 0.1) is 22.3 Å². The number of aromatic carboxylic acids is 2. The van der Waals surface area contributed by atoms with Gasteiger partial charge >= 0.3 is 11.9 Å². The van der Waals surface area contributed by atoms with Gasteiger partial charge in [-0.3, -0.25) is 9.59 Å². The lowest BCUT2D eigenvalue weighted by molar-refractivity contribution is 0.0682. The molecule has 2 amide bonds. The molecule has 0 radical (unpaired) electrons. The van der Waals surface area contributed by atoms with E-state index in [2.05, 4.69) is 36.8 Å². The Balaban J connectivity index is 2.32. The summed E-state index contributed by atoms with van der Waals surface area (Å²) >= 11 is 0. The van der Waals surface area contributed by atoms with Crippen molar-refractivity contribution >= 4 is 51.2 Å². The highest BCUT2D eigenvalue weighted by Gasteiger charge is 2.24. The molecule has 2 rings (SSSR count). The second-order valence-corrected chi connectivity index (χ2v) is 19.3. The van der Waals surface area contributed by atoms with E-state index in [1.807, 2.05) is 0 Å². The normalized spacial score (nSPS) is 11.8. The van der Waals surface area contributed by atoms with Crippen LogP contribution in [0.15, 0.2) is 24.3 Å². The first-order valence-corrected chi connectivity index (χ1v) is 18.7. The molecule has 0 spiro atoms. The molecule has 2 aromatic carbocycles. The lowest BCUT2D eigenvalue weighted by Gasteiger charge is -2.19. The van der Waals surface area contributed by atoms with E-state index in [1.54, 1.807) is 14.2 Å². The predicted molar refractivity (Wildman–Crippen MR) is 150 cm³/mol. The zero-order valence-electron chi connectivity index (χ0n) is 22.9. The van der Waals surface area contributed by atoms with Crippen LogP contribution in [0.25, 0.3) is 10.8 Å². The van der Waals surface area contributed by atoms with Crippen molar-refractivity contribution in [2.45, 2.75) is 51.1 Å². The van der Waals surface area contributed by atoms with Crippen LogP contribution in [-0.4, -0.2) is 77.9 Å². The largest absolute Gasteiger partial charge is 0.478 e. The lowest BCUT2D eigenvalue weighted by atomic mass is 9.95. The zero-order chi connectivity index (χ0) is 28.7. The summed E-state index contributed by atoms with van der Waals surface area (Å²) < 4.78 is 11.0. The highest BCUT2D eigenvalue weighted by molar-refractivity contribution is 6.71. The maximum atomic E-state index is 12.9. The molecule has 0 aromatic heterocycles. The minimum absolute atomic E-state index is 0.0771. The van der Waals surface area contributed by atoms with E-state index < -0.39 is 40.4 Å². The standard InChI is InChI=1S/C26H38N2O8Si2/c1-35-37(3,4)11-7-9-27-23(29)19-13-17-16-22(26(33)34)20(14-18(17)15-21(19)25(31)32)24(30)28-10-8-12-38(5,6)36-2/h13-16H,7-12H2,1-6H3,(H,27,29)(H,28,30)(H,31,32)(H,33,34). The number of amides is 2. The Morgan fingerprint density at radius 3 is 1.26 bits per heavy atom. The van der Waals surface area contributed by atoms with Crippen molar-refractivity contribution < 1.29 is 38.2 Å². The van der Waals surface area contributed by atoms with Crippen molar-refractivity contribution in [2.24, 2.45) is 0 Å². The number of benzene rings is 2. The third-order valence-electron chi connectivity index (χ3n) is 6.65. The molecule has 0 unspecified atom stereocenters. The van der Waals surface area contributed by atoms with Gasteiger partial charge in [-0.2, -0.15) is 0 Å². The van der Waals surface area contributed by atoms with Crippen LogP contribution < -0.4 is 10.6 Å². The molecule has 38 heavy (non-hydrogen) atoms. The van der Waals surface area contributed by atoms with E-state index >= 15 is 0 Å². The number of carbonyl (C=O) groups is 4. The Labute approximate surface area is 225 Å². The quantitative estimate of drug-likeness (QED) is 0.198. The first-order valence-electron chi connectivity index (χ1n) is 12.5. The van der Waals surface area contributed by atoms with Crippen LogP contribution in [0.4, 0.5) is 0 Å². The highest BCUT2D eigenvalue weighted by atomic mass is 28.4. The van der Waals surface area contributed by atoms with E-state index in [0.717, 1.165) is 12.1 Å². The van der Waals surface area contributed by atoms with Gasteiger partial charge in [-0.25, -0.2) is 9.59 Å². The second kappa shape index (κ2) is 13.1. The van der Waals surface area contributed by atoms with Crippen molar-refractivity contribution in [3.8, 4) is 0 Å². The minimum Gasteiger partial charge on any atom is -0.478 e. The number of rotatable bonds is 14. The van der Waals surface area contributed by atoms with Crippen molar-refractivity contribution in [1.29, 1.82) is 0 Å². The summed E-state index contributed by atoms with van der Waals surface area (Å²) in [5, 5.41) is 25.7. The Hall–Kier alpha value is -3.07. The summed E-state index contributed by atoms with van der Waals surface area (Å²) in [6.07, 6.45) is 1.36. The van der Waals surface area contributed by atoms with Crippen LogP contribution in [0.5, 0.6) is 0 Å². The van der Waals surface area contributed by atoms with Gasteiger partial charge in [0.25, 0.3) is 11.8 Å². The number of hydrogen-bond acceptors (Lipinski definition) is 6.